The Balaban J connectivity index is 2.04. The van der Waals surface area contributed by atoms with Gasteiger partial charge >= 0.3 is 11.7 Å². The Morgan fingerprint density at radius 2 is 2.04 bits per heavy atom. The van der Waals surface area contributed by atoms with Crippen molar-refractivity contribution in [3.8, 4) is 5.75 Å². The van der Waals surface area contributed by atoms with Crippen molar-refractivity contribution < 1.29 is 19.4 Å². The highest BCUT2D eigenvalue weighted by Crippen LogP contribution is 2.24. The first-order valence-corrected chi connectivity index (χ1v) is 8.97. The van der Waals surface area contributed by atoms with Crippen LogP contribution in [0.3, 0.4) is 0 Å². The lowest BCUT2D eigenvalue weighted by Crippen LogP contribution is -2.25. The molecule has 0 aliphatic heterocycles. The fraction of sp³-hybridized carbons (Fsp3) is 0.300. The second kappa shape index (κ2) is 7.67. The molecule has 1 aromatic carbocycles. The molecule has 2 aromatic heterocycles. The molecule has 8 nitrogen and oxygen atoms in total. The van der Waals surface area contributed by atoms with Crippen molar-refractivity contribution in [2.75, 3.05) is 5.32 Å². The smallest absolute Gasteiger partial charge is 0.449 e. The summed E-state index contributed by atoms with van der Waals surface area (Å²) >= 11 is 0. The molecule has 2 N–H and O–H groups in total. The number of pyridine rings is 1. The zero-order valence-corrected chi connectivity index (χ0v) is 15.8. The van der Waals surface area contributed by atoms with E-state index in [2.05, 4.69) is 15.0 Å². The summed E-state index contributed by atoms with van der Waals surface area (Å²) in [6.45, 7) is 5.97. The number of nitrogens with one attached hydrogen (secondary N) is 1. The van der Waals surface area contributed by atoms with Crippen LogP contribution in [0.2, 0.25) is 0 Å². The Morgan fingerprint density at radius 1 is 1.29 bits per heavy atom. The number of hydrogen-bond acceptors (Lipinski definition) is 5. The van der Waals surface area contributed by atoms with Crippen LogP contribution in [0.25, 0.3) is 16.4 Å². The van der Waals surface area contributed by atoms with E-state index in [1.54, 1.807) is 18.2 Å². The monoisotopic (exact) mass is 383 g/mol. The van der Waals surface area contributed by atoms with Crippen LogP contribution in [0.5, 0.6) is 5.75 Å². The number of carbonyl (C=O) groups excluding carboxylic acids is 1. The molecule has 146 valence electrons. The maximum Gasteiger partial charge on any atom is 0.511 e. The van der Waals surface area contributed by atoms with Gasteiger partial charge in [-0.05, 0) is 29.5 Å². The van der Waals surface area contributed by atoms with Crippen molar-refractivity contribution in [2.45, 2.75) is 27.2 Å². The van der Waals surface area contributed by atoms with Crippen LogP contribution in [0.4, 0.5) is 10.5 Å². The zero-order chi connectivity index (χ0) is 20.4. The molecule has 2 unspecified atom stereocenters. The number of carbonyl (C=O) groups is 2. The number of hydrogen-bond donors (Lipinski definition) is 2. The number of aromatic nitrogens is 2. The SMILES string of the molecule is CCC(C)C(C)C(=O)Nc1ccc2ccn3c(=O)c(OC(=O)O)cnc3c2c1. The molecular formula is C20H21N3O5. The number of rotatable bonds is 5. The van der Waals surface area contributed by atoms with Gasteiger partial charge in [-0.1, -0.05) is 33.3 Å². The van der Waals surface area contributed by atoms with Crippen LogP contribution in [0.15, 0.2) is 41.5 Å². The van der Waals surface area contributed by atoms with Crippen LogP contribution in [-0.2, 0) is 4.79 Å². The molecule has 0 fully saturated rings. The predicted octanol–water partition coefficient (Wildman–Crippen LogP) is 3.53. The first kappa shape index (κ1) is 19.3. The first-order chi connectivity index (χ1) is 13.3. The molecule has 0 bridgehead atoms. The highest BCUT2D eigenvalue weighted by atomic mass is 16.7. The normalized spacial score (nSPS) is 13.2. The Kier molecular flexibility index (Phi) is 5.30. The maximum atomic E-state index is 12.5. The molecule has 0 aliphatic rings. The third-order valence-electron chi connectivity index (χ3n) is 5.04. The van der Waals surface area contributed by atoms with E-state index in [4.69, 9.17) is 5.11 Å². The van der Waals surface area contributed by atoms with Crippen LogP contribution >= 0.6 is 0 Å². The van der Waals surface area contributed by atoms with Gasteiger partial charge in [0.2, 0.25) is 11.7 Å². The van der Waals surface area contributed by atoms with Gasteiger partial charge in [0.1, 0.15) is 5.65 Å². The van der Waals surface area contributed by atoms with Crippen LogP contribution < -0.4 is 15.6 Å². The molecule has 0 spiro atoms. The minimum atomic E-state index is -1.58. The van der Waals surface area contributed by atoms with Gasteiger partial charge in [0.25, 0.3) is 0 Å². The summed E-state index contributed by atoms with van der Waals surface area (Å²) in [6, 6.07) is 7.08. The summed E-state index contributed by atoms with van der Waals surface area (Å²) in [5, 5.41) is 13.1. The number of amides is 1. The highest BCUT2D eigenvalue weighted by Gasteiger charge is 2.19. The molecule has 3 rings (SSSR count). The third-order valence-corrected chi connectivity index (χ3v) is 5.04. The Morgan fingerprint density at radius 3 is 2.71 bits per heavy atom. The lowest BCUT2D eigenvalue weighted by atomic mass is 9.93. The fourth-order valence-corrected chi connectivity index (χ4v) is 2.95. The summed E-state index contributed by atoms with van der Waals surface area (Å²) in [5.74, 6) is -0.328. The van der Waals surface area contributed by atoms with Crippen LogP contribution in [-0.4, -0.2) is 26.6 Å². The van der Waals surface area contributed by atoms with Crippen molar-refractivity contribution >= 4 is 34.2 Å². The topological polar surface area (TPSA) is 110 Å². The van der Waals surface area contributed by atoms with Crippen molar-refractivity contribution in [3.63, 3.8) is 0 Å². The Bertz CT molecular complexity index is 1120. The van der Waals surface area contributed by atoms with Gasteiger partial charge < -0.3 is 15.2 Å². The van der Waals surface area contributed by atoms with E-state index in [1.807, 2.05) is 26.8 Å². The highest BCUT2D eigenvalue weighted by molar-refractivity contribution is 5.99. The fourth-order valence-electron chi connectivity index (χ4n) is 2.95. The number of fused-ring (bicyclic) bond motifs is 3. The van der Waals surface area contributed by atoms with Crippen LogP contribution in [0, 0.1) is 11.8 Å². The summed E-state index contributed by atoms with van der Waals surface area (Å²) in [4.78, 5) is 39.8. The van der Waals surface area contributed by atoms with Crippen molar-refractivity contribution in [3.05, 3.63) is 47.0 Å². The lowest BCUT2D eigenvalue weighted by Gasteiger charge is -2.18. The van der Waals surface area contributed by atoms with Gasteiger partial charge in [-0.2, -0.15) is 0 Å². The first-order valence-electron chi connectivity index (χ1n) is 8.97. The maximum absolute atomic E-state index is 12.5. The summed E-state index contributed by atoms with van der Waals surface area (Å²) in [6.07, 6.45) is 1.91. The summed E-state index contributed by atoms with van der Waals surface area (Å²) in [5.41, 5.74) is 0.307. The number of carboxylic acid groups (broad SMARTS) is 1. The zero-order valence-electron chi connectivity index (χ0n) is 15.8. The van der Waals surface area contributed by atoms with E-state index in [1.165, 1.54) is 10.6 Å². The Hall–Kier alpha value is -3.42. The van der Waals surface area contributed by atoms with E-state index in [0.29, 0.717) is 16.7 Å². The second-order valence-corrected chi connectivity index (χ2v) is 6.77. The van der Waals surface area contributed by atoms with E-state index >= 15 is 0 Å². The summed E-state index contributed by atoms with van der Waals surface area (Å²) in [7, 11) is 0. The molecule has 0 radical (unpaired) electrons. The molecule has 0 saturated carbocycles. The van der Waals surface area contributed by atoms with Crippen molar-refractivity contribution in [1.29, 1.82) is 0 Å². The van der Waals surface area contributed by atoms with E-state index in [-0.39, 0.29) is 23.5 Å². The molecule has 0 aliphatic carbocycles. The van der Waals surface area contributed by atoms with E-state index in [0.717, 1.165) is 18.0 Å². The Labute approximate surface area is 160 Å². The number of ether oxygens (including phenoxy) is 1. The number of nitrogens with zero attached hydrogens (tertiary/aromatic N) is 2. The largest absolute Gasteiger partial charge is 0.511 e. The van der Waals surface area contributed by atoms with E-state index < -0.39 is 11.7 Å². The number of anilines is 1. The van der Waals surface area contributed by atoms with Crippen LogP contribution in [0.1, 0.15) is 27.2 Å². The van der Waals surface area contributed by atoms with Gasteiger partial charge in [0.05, 0.1) is 6.20 Å². The molecule has 28 heavy (non-hydrogen) atoms. The minimum Gasteiger partial charge on any atom is -0.449 e. The standard InChI is InChI=1S/C20H21N3O5/c1-4-11(2)12(3)18(24)22-14-6-5-13-7-8-23-17(15(13)9-14)21-10-16(19(23)25)28-20(26)27/h5-12H,4H2,1-3H3,(H,22,24)(H,26,27). The van der Waals surface area contributed by atoms with Gasteiger partial charge in [0, 0.05) is 23.2 Å². The van der Waals surface area contributed by atoms with Crippen molar-refractivity contribution in [1.82, 2.24) is 9.38 Å². The third kappa shape index (κ3) is 3.66. The summed E-state index contributed by atoms with van der Waals surface area (Å²) < 4.78 is 5.68. The molecule has 0 saturated heterocycles. The quantitative estimate of drug-likeness (QED) is 0.515. The number of benzene rings is 1. The predicted molar refractivity (Wildman–Crippen MR) is 105 cm³/mol. The van der Waals surface area contributed by atoms with Gasteiger partial charge in [-0.3, -0.25) is 14.0 Å². The van der Waals surface area contributed by atoms with Gasteiger partial charge in [0.15, 0.2) is 0 Å². The van der Waals surface area contributed by atoms with Gasteiger partial charge in [-0.15, -0.1) is 0 Å². The molecule has 2 atom stereocenters. The molecule has 8 heteroatoms. The molecule has 2 heterocycles. The van der Waals surface area contributed by atoms with Gasteiger partial charge in [-0.25, -0.2) is 9.78 Å². The molecular weight excluding hydrogens is 362 g/mol. The van der Waals surface area contributed by atoms with Crippen molar-refractivity contribution in [2.24, 2.45) is 11.8 Å². The molecule has 3 aromatic rings. The second-order valence-electron chi connectivity index (χ2n) is 6.77. The average molecular weight is 383 g/mol. The van der Waals surface area contributed by atoms with E-state index in [9.17, 15) is 14.4 Å². The molecule has 1 amide bonds. The lowest BCUT2D eigenvalue weighted by molar-refractivity contribution is -0.120. The minimum absolute atomic E-state index is 0.0730. The average Bonchev–Trinajstić information content (AvgIpc) is 2.68.